The molecule has 4 nitrogen and oxygen atoms in total. The summed E-state index contributed by atoms with van der Waals surface area (Å²) < 4.78 is 0. The average molecular weight is 288 g/mol. The van der Waals surface area contributed by atoms with E-state index in [2.05, 4.69) is 0 Å². The minimum Gasteiger partial charge on any atom is -0.465 e. The molecule has 2 aromatic carbocycles. The van der Waals surface area contributed by atoms with Crippen molar-refractivity contribution in [1.29, 1.82) is 0 Å². The molecule has 0 aliphatic carbocycles. The summed E-state index contributed by atoms with van der Waals surface area (Å²) in [5.74, 6) is 0. The number of benzene rings is 2. The number of aryl methyl sites for hydroxylation is 1. The highest BCUT2D eigenvalue weighted by Crippen LogP contribution is 2.33. The molecule has 0 radical (unpaired) electrons. The smallest absolute Gasteiger partial charge is 0.411 e. The Morgan fingerprint density at radius 2 is 1.75 bits per heavy atom. The molecule has 0 aliphatic heterocycles. The van der Waals surface area contributed by atoms with Gasteiger partial charge in [0.05, 0.1) is 11.4 Å². The standard InChI is InChI=1S/C15H16N2O2S/c1-10-3-5-11(6-4-10)20-12-7-8-13(16)14(9-12)17(2)15(18)19/h3-9H,16H2,1-2H3,(H,18,19). The van der Waals surface area contributed by atoms with Crippen LogP contribution in [0.15, 0.2) is 52.3 Å². The van der Waals surface area contributed by atoms with Gasteiger partial charge in [-0.2, -0.15) is 0 Å². The third kappa shape index (κ3) is 3.24. The first kappa shape index (κ1) is 14.3. The summed E-state index contributed by atoms with van der Waals surface area (Å²) in [5, 5.41) is 9.03. The molecule has 0 unspecified atom stereocenters. The van der Waals surface area contributed by atoms with Gasteiger partial charge >= 0.3 is 6.09 Å². The van der Waals surface area contributed by atoms with Crippen LogP contribution < -0.4 is 10.6 Å². The topological polar surface area (TPSA) is 66.6 Å². The number of hydrogen-bond donors (Lipinski definition) is 2. The van der Waals surface area contributed by atoms with E-state index in [1.54, 1.807) is 23.9 Å². The Labute approximate surface area is 122 Å². The first-order valence-electron chi connectivity index (χ1n) is 6.08. The molecule has 0 saturated heterocycles. The second-order valence-corrected chi connectivity index (χ2v) is 5.62. The van der Waals surface area contributed by atoms with Crippen molar-refractivity contribution < 1.29 is 9.90 Å². The number of carboxylic acid groups (broad SMARTS) is 1. The number of nitrogens with zero attached hydrogens (tertiary/aromatic N) is 1. The van der Waals surface area contributed by atoms with Crippen molar-refractivity contribution in [2.45, 2.75) is 16.7 Å². The van der Waals surface area contributed by atoms with E-state index in [1.165, 1.54) is 12.6 Å². The Morgan fingerprint density at radius 3 is 2.35 bits per heavy atom. The van der Waals surface area contributed by atoms with Gasteiger partial charge < -0.3 is 10.8 Å². The number of rotatable bonds is 3. The van der Waals surface area contributed by atoms with E-state index in [-0.39, 0.29) is 0 Å². The van der Waals surface area contributed by atoms with Crippen molar-refractivity contribution in [2.24, 2.45) is 0 Å². The van der Waals surface area contributed by atoms with Gasteiger partial charge in [-0.05, 0) is 37.3 Å². The molecule has 0 aliphatic rings. The van der Waals surface area contributed by atoms with E-state index in [0.717, 1.165) is 14.7 Å². The first-order valence-corrected chi connectivity index (χ1v) is 6.89. The van der Waals surface area contributed by atoms with Crippen molar-refractivity contribution in [3.05, 3.63) is 48.0 Å². The van der Waals surface area contributed by atoms with Crippen molar-refractivity contribution in [2.75, 3.05) is 17.7 Å². The third-order valence-corrected chi connectivity index (χ3v) is 3.90. The number of hydrogen-bond acceptors (Lipinski definition) is 3. The predicted octanol–water partition coefficient (Wildman–Crippen LogP) is 3.84. The van der Waals surface area contributed by atoms with Crippen molar-refractivity contribution in [3.63, 3.8) is 0 Å². The van der Waals surface area contributed by atoms with Crippen LogP contribution in [0.1, 0.15) is 5.56 Å². The van der Waals surface area contributed by atoms with Gasteiger partial charge in [0.1, 0.15) is 0 Å². The normalized spacial score (nSPS) is 10.3. The molecule has 2 rings (SSSR count). The maximum absolute atomic E-state index is 11.0. The van der Waals surface area contributed by atoms with E-state index in [4.69, 9.17) is 10.8 Å². The van der Waals surface area contributed by atoms with Crippen LogP contribution in [0.5, 0.6) is 0 Å². The monoisotopic (exact) mass is 288 g/mol. The van der Waals surface area contributed by atoms with E-state index >= 15 is 0 Å². The fraction of sp³-hybridized carbons (Fsp3) is 0.133. The Morgan fingerprint density at radius 1 is 1.15 bits per heavy atom. The molecule has 0 heterocycles. The lowest BCUT2D eigenvalue weighted by molar-refractivity contribution is 0.203. The molecule has 0 fully saturated rings. The molecule has 0 bridgehead atoms. The molecule has 20 heavy (non-hydrogen) atoms. The Bertz CT molecular complexity index is 626. The fourth-order valence-electron chi connectivity index (χ4n) is 1.72. The van der Waals surface area contributed by atoms with Crippen LogP contribution in [0, 0.1) is 6.92 Å². The third-order valence-electron chi connectivity index (χ3n) is 2.91. The molecule has 0 spiro atoms. The van der Waals surface area contributed by atoms with E-state index in [1.807, 2.05) is 37.3 Å². The van der Waals surface area contributed by atoms with Crippen LogP contribution in [0.25, 0.3) is 0 Å². The summed E-state index contributed by atoms with van der Waals surface area (Å²) in [5.41, 5.74) is 7.98. The van der Waals surface area contributed by atoms with Gasteiger partial charge in [-0.3, -0.25) is 4.90 Å². The zero-order chi connectivity index (χ0) is 14.7. The van der Waals surface area contributed by atoms with Crippen LogP contribution in [-0.4, -0.2) is 18.2 Å². The minimum absolute atomic E-state index is 0.447. The number of nitrogens with two attached hydrogens (primary N) is 1. The highest BCUT2D eigenvalue weighted by atomic mass is 32.2. The van der Waals surface area contributed by atoms with E-state index < -0.39 is 6.09 Å². The summed E-state index contributed by atoms with van der Waals surface area (Å²) in [6, 6.07) is 13.6. The maximum atomic E-state index is 11.0. The molecule has 1 amide bonds. The van der Waals surface area contributed by atoms with Gasteiger partial charge in [-0.1, -0.05) is 29.5 Å². The molecular formula is C15H16N2O2S. The number of amides is 1. The molecule has 104 valence electrons. The van der Waals surface area contributed by atoms with Crippen LogP contribution in [0.3, 0.4) is 0 Å². The maximum Gasteiger partial charge on any atom is 0.411 e. The second kappa shape index (κ2) is 5.88. The quantitative estimate of drug-likeness (QED) is 0.842. The first-order chi connectivity index (χ1) is 9.47. The highest BCUT2D eigenvalue weighted by Gasteiger charge is 2.12. The second-order valence-electron chi connectivity index (χ2n) is 4.48. The lowest BCUT2D eigenvalue weighted by Gasteiger charge is -2.16. The molecule has 0 saturated carbocycles. The number of anilines is 2. The molecule has 3 N–H and O–H groups in total. The molecule has 2 aromatic rings. The zero-order valence-electron chi connectivity index (χ0n) is 11.3. The van der Waals surface area contributed by atoms with Crippen LogP contribution in [0.2, 0.25) is 0 Å². The largest absolute Gasteiger partial charge is 0.465 e. The van der Waals surface area contributed by atoms with Gasteiger partial charge in [-0.25, -0.2) is 4.79 Å². The van der Waals surface area contributed by atoms with Gasteiger partial charge in [-0.15, -0.1) is 0 Å². The molecule has 5 heteroatoms. The van der Waals surface area contributed by atoms with E-state index in [0.29, 0.717) is 11.4 Å². The lowest BCUT2D eigenvalue weighted by Crippen LogP contribution is -2.24. The number of carbonyl (C=O) groups is 1. The van der Waals surface area contributed by atoms with Crippen molar-refractivity contribution in [1.82, 2.24) is 0 Å². The Hall–Kier alpha value is -2.14. The highest BCUT2D eigenvalue weighted by molar-refractivity contribution is 7.99. The van der Waals surface area contributed by atoms with Crippen LogP contribution in [0.4, 0.5) is 16.2 Å². The van der Waals surface area contributed by atoms with Gasteiger partial charge in [0.15, 0.2) is 0 Å². The summed E-state index contributed by atoms with van der Waals surface area (Å²) in [4.78, 5) is 14.2. The Kier molecular flexibility index (Phi) is 4.20. The predicted molar refractivity (Wildman–Crippen MR) is 82.6 cm³/mol. The lowest BCUT2D eigenvalue weighted by atomic mass is 10.2. The fourth-order valence-corrected chi connectivity index (χ4v) is 2.57. The van der Waals surface area contributed by atoms with Crippen LogP contribution in [-0.2, 0) is 0 Å². The summed E-state index contributed by atoms with van der Waals surface area (Å²) in [6.45, 7) is 2.04. The van der Waals surface area contributed by atoms with Gasteiger partial charge in [0.2, 0.25) is 0 Å². The van der Waals surface area contributed by atoms with E-state index in [9.17, 15) is 4.79 Å². The van der Waals surface area contributed by atoms with Crippen molar-refractivity contribution >= 4 is 29.2 Å². The zero-order valence-corrected chi connectivity index (χ0v) is 12.1. The molecule has 0 aromatic heterocycles. The summed E-state index contributed by atoms with van der Waals surface area (Å²) >= 11 is 1.57. The SMILES string of the molecule is Cc1ccc(Sc2ccc(N)c(N(C)C(=O)O)c2)cc1. The molecular weight excluding hydrogens is 272 g/mol. The van der Waals surface area contributed by atoms with Gasteiger partial charge in [0.25, 0.3) is 0 Å². The molecule has 0 atom stereocenters. The summed E-state index contributed by atoms with van der Waals surface area (Å²) in [6.07, 6.45) is -1.03. The number of nitrogen functional groups attached to an aromatic ring is 1. The average Bonchev–Trinajstić information content (AvgIpc) is 2.42. The minimum atomic E-state index is -1.03. The van der Waals surface area contributed by atoms with Crippen LogP contribution >= 0.6 is 11.8 Å². The summed E-state index contributed by atoms with van der Waals surface area (Å²) in [7, 11) is 1.48. The Balaban J connectivity index is 2.27. The van der Waals surface area contributed by atoms with Gasteiger partial charge in [0, 0.05) is 16.8 Å². The van der Waals surface area contributed by atoms with Crippen molar-refractivity contribution in [3.8, 4) is 0 Å².